The summed E-state index contributed by atoms with van der Waals surface area (Å²) >= 11 is 9.29. The largest absolute Gasteiger partial charge is 0.356 e. The molecule has 0 atom stereocenters. The molecule has 0 aromatic heterocycles. The average molecular weight is 291 g/mol. The van der Waals surface area contributed by atoms with Crippen molar-refractivity contribution in [2.45, 2.75) is 19.8 Å². The maximum Gasteiger partial charge on any atom is 0.224 e. The number of hydrogen-bond acceptors (Lipinski definition) is 1. The van der Waals surface area contributed by atoms with E-state index in [4.69, 9.17) is 11.6 Å². The second-order valence-corrected chi connectivity index (χ2v) is 4.44. The molecule has 15 heavy (non-hydrogen) atoms. The molecule has 0 unspecified atom stereocenters. The molecule has 0 radical (unpaired) electrons. The molecule has 2 nitrogen and oxygen atoms in total. The van der Waals surface area contributed by atoms with E-state index in [2.05, 4.69) is 21.2 Å². The van der Waals surface area contributed by atoms with Gasteiger partial charge in [0, 0.05) is 11.0 Å². The van der Waals surface area contributed by atoms with Crippen molar-refractivity contribution >= 4 is 33.4 Å². The van der Waals surface area contributed by atoms with Crippen molar-refractivity contribution in [3.05, 3.63) is 33.3 Å². The van der Waals surface area contributed by atoms with E-state index in [0.717, 1.165) is 23.0 Å². The molecule has 0 spiro atoms. The molecule has 1 aromatic carbocycles. The molecular formula is C11H13BrClNO. The lowest BCUT2D eigenvalue weighted by molar-refractivity contribution is -0.120. The van der Waals surface area contributed by atoms with E-state index in [-0.39, 0.29) is 5.91 Å². The highest BCUT2D eigenvalue weighted by Crippen LogP contribution is 2.26. The summed E-state index contributed by atoms with van der Waals surface area (Å²) in [4.78, 5) is 11.5. The normalized spacial score (nSPS) is 10.1. The third-order valence-corrected chi connectivity index (χ3v) is 3.43. The van der Waals surface area contributed by atoms with E-state index in [0.29, 0.717) is 11.4 Å². The molecule has 0 saturated heterocycles. The molecule has 1 N–H and O–H groups in total. The fourth-order valence-electron chi connectivity index (χ4n) is 1.18. The average Bonchev–Trinajstić information content (AvgIpc) is 2.22. The summed E-state index contributed by atoms with van der Waals surface area (Å²) in [6, 6.07) is 5.52. The van der Waals surface area contributed by atoms with Gasteiger partial charge in [0.05, 0.1) is 11.4 Å². The Balaban J connectivity index is 2.64. The summed E-state index contributed by atoms with van der Waals surface area (Å²) in [5, 5.41) is 3.46. The standard InChI is InChI=1S/C11H13BrClNO/c1-2-6-14-10(15)7-8-4-3-5-9(13)11(8)12/h3-5H,2,6-7H2,1H3,(H,14,15). The summed E-state index contributed by atoms with van der Waals surface area (Å²) < 4.78 is 0.804. The molecule has 0 heterocycles. The second-order valence-electron chi connectivity index (χ2n) is 3.24. The molecule has 0 aliphatic rings. The molecule has 0 saturated carbocycles. The molecular weight excluding hydrogens is 277 g/mol. The van der Waals surface area contributed by atoms with Crippen molar-refractivity contribution in [1.29, 1.82) is 0 Å². The topological polar surface area (TPSA) is 29.1 Å². The predicted octanol–water partition coefficient (Wildman–Crippen LogP) is 3.17. The number of carbonyl (C=O) groups excluding carboxylic acids is 1. The summed E-state index contributed by atoms with van der Waals surface area (Å²) in [5.74, 6) is 0.0276. The van der Waals surface area contributed by atoms with Crippen molar-refractivity contribution in [2.75, 3.05) is 6.54 Å². The molecule has 4 heteroatoms. The smallest absolute Gasteiger partial charge is 0.224 e. The predicted molar refractivity (Wildman–Crippen MR) is 66.2 cm³/mol. The van der Waals surface area contributed by atoms with Crippen LogP contribution in [-0.4, -0.2) is 12.5 Å². The van der Waals surface area contributed by atoms with Crippen LogP contribution in [0.4, 0.5) is 0 Å². The van der Waals surface area contributed by atoms with Gasteiger partial charge < -0.3 is 5.32 Å². The van der Waals surface area contributed by atoms with E-state index in [9.17, 15) is 4.79 Å². The third-order valence-electron chi connectivity index (χ3n) is 1.95. The number of amides is 1. The number of carbonyl (C=O) groups is 1. The van der Waals surface area contributed by atoms with E-state index >= 15 is 0 Å². The van der Waals surface area contributed by atoms with Crippen LogP contribution in [0.3, 0.4) is 0 Å². The minimum atomic E-state index is 0.0276. The minimum absolute atomic E-state index is 0.0276. The molecule has 0 fully saturated rings. The number of halogens is 2. The van der Waals surface area contributed by atoms with Gasteiger partial charge in [-0.05, 0) is 34.0 Å². The van der Waals surface area contributed by atoms with Crippen LogP contribution in [0, 0.1) is 0 Å². The van der Waals surface area contributed by atoms with E-state index < -0.39 is 0 Å². The van der Waals surface area contributed by atoms with Gasteiger partial charge in [0.2, 0.25) is 5.91 Å². The monoisotopic (exact) mass is 289 g/mol. The van der Waals surface area contributed by atoms with Crippen molar-refractivity contribution in [1.82, 2.24) is 5.32 Å². The Morgan fingerprint density at radius 1 is 1.53 bits per heavy atom. The zero-order valence-electron chi connectivity index (χ0n) is 8.52. The van der Waals surface area contributed by atoms with Crippen LogP contribution in [0.1, 0.15) is 18.9 Å². The summed E-state index contributed by atoms with van der Waals surface area (Å²) in [5.41, 5.74) is 0.913. The Morgan fingerprint density at radius 3 is 2.93 bits per heavy atom. The molecule has 1 aromatic rings. The van der Waals surface area contributed by atoms with Crippen molar-refractivity contribution in [3.8, 4) is 0 Å². The van der Waals surface area contributed by atoms with Gasteiger partial charge in [-0.1, -0.05) is 30.7 Å². The lowest BCUT2D eigenvalue weighted by Gasteiger charge is -2.06. The Hall–Kier alpha value is -0.540. The van der Waals surface area contributed by atoms with Crippen LogP contribution in [0.15, 0.2) is 22.7 Å². The first-order valence-electron chi connectivity index (χ1n) is 4.84. The van der Waals surface area contributed by atoms with E-state index in [1.165, 1.54) is 0 Å². The van der Waals surface area contributed by atoms with Gasteiger partial charge in [0.15, 0.2) is 0 Å². The quantitative estimate of drug-likeness (QED) is 0.907. The summed E-state index contributed by atoms with van der Waals surface area (Å²) in [6.07, 6.45) is 1.31. The highest BCUT2D eigenvalue weighted by Gasteiger charge is 2.07. The number of hydrogen-bond donors (Lipinski definition) is 1. The second kappa shape index (κ2) is 6.13. The van der Waals surface area contributed by atoms with Gasteiger partial charge >= 0.3 is 0 Å². The van der Waals surface area contributed by atoms with Gasteiger partial charge in [-0.15, -0.1) is 0 Å². The first-order chi connectivity index (χ1) is 7.15. The van der Waals surface area contributed by atoms with E-state index in [1.807, 2.05) is 19.1 Å². The summed E-state index contributed by atoms with van der Waals surface area (Å²) in [6.45, 7) is 2.74. The van der Waals surface area contributed by atoms with E-state index in [1.54, 1.807) is 6.07 Å². The van der Waals surface area contributed by atoms with Gasteiger partial charge in [-0.3, -0.25) is 4.79 Å². The van der Waals surface area contributed by atoms with Gasteiger partial charge in [-0.2, -0.15) is 0 Å². The van der Waals surface area contributed by atoms with Crippen LogP contribution < -0.4 is 5.32 Å². The minimum Gasteiger partial charge on any atom is -0.356 e. The van der Waals surface area contributed by atoms with Crippen LogP contribution in [0.5, 0.6) is 0 Å². The maximum atomic E-state index is 11.5. The Bertz CT molecular complexity index is 354. The maximum absolute atomic E-state index is 11.5. The fraction of sp³-hybridized carbons (Fsp3) is 0.364. The Morgan fingerprint density at radius 2 is 2.27 bits per heavy atom. The highest BCUT2D eigenvalue weighted by molar-refractivity contribution is 9.10. The van der Waals surface area contributed by atoms with Crippen LogP contribution in [-0.2, 0) is 11.2 Å². The van der Waals surface area contributed by atoms with Gasteiger partial charge in [0.25, 0.3) is 0 Å². The molecule has 0 aliphatic heterocycles. The molecule has 0 bridgehead atoms. The first-order valence-corrected chi connectivity index (χ1v) is 6.01. The molecule has 0 aliphatic carbocycles. The Kier molecular flexibility index (Phi) is 5.12. The van der Waals surface area contributed by atoms with Gasteiger partial charge in [0.1, 0.15) is 0 Å². The van der Waals surface area contributed by atoms with Gasteiger partial charge in [-0.25, -0.2) is 0 Å². The van der Waals surface area contributed by atoms with Crippen molar-refractivity contribution in [3.63, 3.8) is 0 Å². The van der Waals surface area contributed by atoms with Crippen LogP contribution >= 0.6 is 27.5 Å². The number of rotatable bonds is 4. The van der Waals surface area contributed by atoms with Crippen molar-refractivity contribution in [2.24, 2.45) is 0 Å². The first kappa shape index (κ1) is 12.5. The highest BCUT2D eigenvalue weighted by atomic mass is 79.9. The third kappa shape index (κ3) is 3.84. The molecule has 82 valence electrons. The fourth-order valence-corrected chi connectivity index (χ4v) is 1.78. The molecule has 1 rings (SSSR count). The zero-order chi connectivity index (χ0) is 11.3. The van der Waals surface area contributed by atoms with Crippen LogP contribution in [0.2, 0.25) is 5.02 Å². The summed E-state index contributed by atoms with van der Waals surface area (Å²) in [7, 11) is 0. The van der Waals surface area contributed by atoms with Crippen molar-refractivity contribution < 1.29 is 4.79 Å². The zero-order valence-corrected chi connectivity index (χ0v) is 10.9. The van der Waals surface area contributed by atoms with Crippen LogP contribution in [0.25, 0.3) is 0 Å². The lowest BCUT2D eigenvalue weighted by atomic mass is 10.1. The lowest BCUT2D eigenvalue weighted by Crippen LogP contribution is -2.25. The SMILES string of the molecule is CCCNC(=O)Cc1cccc(Cl)c1Br. The number of nitrogens with one attached hydrogen (secondary N) is 1. The molecule has 1 amide bonds. The Labute approximate surface area is 103 Å². The number of benzene rings is 1.